The van der Waals surface area contributed by atoms with Gasteiger partial charge in [0.15, 0.2) is 5.82 Å². The first-order chi connectivity index (χ1) is 8.20. The number of hydrogen-bond donors (Lipinski definition) is 2. The topological polar surface area (TPSA) is 88.8 Å². The van der Waals surface area contributed by atoms with Crippen molar-refractivity contribution in [1.82, 2.24) is 20.1 Å². The van der Waals surface area contributed by atoms with E-state index in [1.807, 2.05) is 0 Å². The summed E-state index contributed by atoms with van der Waals surface area (Å²) in [5.74, 6) is 2.51. The Bertz CT molecular complexity index is 514. The molecule has 2 N–H and O–H groups in total. The van der Waals surface area contributed by atoms with E-state index in [9.17, 15) is 0 Å². The maximum absolute atomic E-state index is 4.87. The van der Waals surface area contributed by atoms with Crippen molar-refractivity contribution < 1.29 is 4.52 Å². The summed E-state index contributed by atoms with van der Waals surface area (Å²) in [4.78, 5) is 12.3. The van der Waals surface area contributed by atoms with Crippen molar-refractivity contribution in [1.29, 1.82) is 0 Å². The molecule has 0 aliphatic heterocycles. The van der Waals surface area contributed by atoms with Gasteiger partial charge in [0.25, 0.3) is 0 Å². The first-order valence-electron chi connectivity index (χ1n) is 4.92. The van der Waals surface area contributed by atoms with Crippen molar-refractivity contribution in [2.45, 2.75) is 13.5 Å². The van der Waals surface area contributed by atoms with Crippen molar-refractivity contribution in [3.8, 4) is 0 Å². The molecule has 0 fully saturated rings. The molecule has 0 aliphatic carbocycles. The van der Waals surface area contributed by atoms with Gasteiger partial charge in [-0.25, -0.2) is 9.97 Å². The van der Waals surface area contributed by atoms with Gasteiger partial charge in [-0.3, -0.25) is 0 Å². The largest absolute Gasteiger partial charge is 0.372 e. The monoisotopic (exact) mass is 298 g/mol. The number of hydrogen-bond acceptors (Lipinski definition) is 7. The Morgan fingerprint density at radius 3 is 2.76 bits per heavy atom. The molecule has 8 heteroatoms. The Labute approximate surface area is 106 Å². The Morgan fingerprint density at radius 2 is 2.12 bits per heavy atom. The number of rotatable bonds is 4. The molecule has 2 aromatic rings. The molecule has 7 nitrogen and oxygen atoms in total. The predicted octanol–water partition coefficient (Wildman–Crippen LogP) is 1.58. The quantitative estimate of drug-likeness (QED) is 0.886. The lowest BCUT2D eigenvalue weighted by Gasteiger charge is -2.07. The van der Waals surface area contributed by atoms with Crippen LogP contribution in [0.3, 0.4) is 0 Å². The van der Waals surface area contributed by atoms with E-state index in [0.717, 1.165) is 4.47 Å². The summed E-state index contributed by atoms with van der Waals surface area (Å²) in [6.07, 6.45) is 1.47. The van der Waals surface area contributed by atoms with Crippen LogP contribution in [0, 0.1) is 6.92 Å². The number of nitrogens with one attached hydrogen (secondary N) is 2. The Morgan fingerprint density at radius 1 is 1.35 bits per heavy atom. The molecule has 0 saturated carbocycles. The van der Waals surface area contributed by atoms with Crippen LogP contribution in [0.25, 0.3) is 0 Å². The van der Waals surface area contributed by atoms with Gasteiger partial charge >= 0.3 is 0 Å². The fourth-order valence-corrected chi connectivity index (χ4v) is 1.79. The number of aromatic nitrogens is 4. The molecule has 90 valence electrons. The molecule has 2 rings (SSSR count). The van der Waals surface area contributed by atoms with Gasteiger partial charge in [-0.05, 0) is 15.9 Å². The second-order valence-electron chi connectivity index (χ2n) is 3.22. The van der Waals surface area contributed by atoms with E-state index < -0.39 is 0 Å². The molecule has 17 heavy (non-hydrogen) atoms. The van der Waals surface area contributed by atoms with Crippen molar-refractivity contribution in [3.05, 3.63) is 22.5 Å². The molecule has 0 radical (unpaired) electrons. The molecule has 0 spiro atoms. The first kappa shape index (κ1) is 11.8. The summed E-state index contributed by atoms with van der Waals surface area (Å²) in [7, 11) is 1.79. The lowest BCUT2D eigenvalue weighted by Crippen LogP contribution is -2.05. The summed E-state index contributed by atoms with van der Waals surface area (Å²) in [5.41, 5.74) is 0. The third-order valence-electron chi connectivity index (χ3n) is 2.01. The predicted molar refractivity (Wildman–Crippen MR) is 65.6 cm³/mol. The van der Waals surface area contributed by atoms with Gasteiger partial charge in [-0.2, -0.15) is 4.98 Å². The van der Waals surface area contributed by atoms with E-state index in [0.29, 0.717) is 29.9 Å². The first-order valence-corrected chi connectivity index (χ1v) is 5.71. The fourth-order valence-electron chi connectivity index (χ4n) is 1.24. The minimum atomic E-state index is 0.441. The molecule has 2 heterocycles. The summed E-state index contributed by atoms with van der Waals surface area (Å²) in [6.45, 7) is 2.19. The zero-order valence-electron chi connectivity index (χ0n) is 9.36. The van der Waals surface area contributed by atoms with E-state index in [1.54, 1.807) is 14.0 Å². The minimum absolute atomic E-state index is 0.441. The van der Waals surface area contributed by atoms with Gasteiger partial charge in [-0.15, -0.1) is 0 Å². The third kappa shape index (κ3) is 2.70. The maximum Gasteiger partial charge on any atom is 0.223 e. The number of anilines is 2. The summed E-state index contributed by atoms with van der Waals surface area (Å²) < 4.78 is 5.64. The van der Waals surface area contributed by atoms with Crippen LogP contribution in [0.5, 0.6) is 0 Å². The van der Waals surface area contributed by atoms with Crippen LogP contribution in [-0.4, -0.2) is 27.2 Å². The smallest absolute Gasteiger partial charge is 0.223 e. The summed E-state index contributed by atoms with van der Waals surface area (Å²) in [6, 6.07) is 0. The average Bonchev–Trinajstić information content (AvgIpc) is 2.74. The SMILES string of the molecule is CNc1ncnc(NCc2noc(C)n2)c1Br. The molecule has 0 saturated heterocycles. The number of aryl methyl sites for hydroxylation is 1. The number of nitrogens with zero attached hydrogens (tertiary/aromatic N) is 4. The van der Waals surface area contributed by atoms with E-state index >= 15 is 0 Å². The maximum atomic E-state index is 4.87. The summed E-state index contributed by atoms with van der Waals surface area (Å²) in [5, 5.41) is 9.82. The average molecular weight is 299 g/mol. The zero-order valence-corrected chi connectivity index (χ0v) is 10.9. The lowest BCUT2D eigenvalue weighted by atomic mass is 10.5. The van der Waals surface area contributed by atoms with Crippen molar-refractivity contribution in [3.63, 3.8) is 0 Å². The van der Waals surface area contributed by atoms with Crippen molar-refractivity contribution in [2.24, 2.45) is 0 Å². The van der Waals surface area contributed by atoms with Gasteiger partial charge < -0.3 is 15.2 Å². The Hall–Kier alpha value is -1.70. The molecular formula is C9H11BrN6O. The summed E-state index contributed by atoms with van der Waals surface area (Å²) >= 11 is 3.41. The van der Waals surface area contributed by atoms with Gasteiger partial charge in [0, 0.05) is 14.0 Å². The van der Waals surface area contributed by atoms with Gasteiger partial charge in [0.05, 0.1) is 6.54 Å². The second kappa shape index (κ2) is 5.09. The van der Waals surface area contributed by atoms with E-state index in [1.165, 1.54) is 6.33 Å². The molecule has 0 amide bonds. The highest BCUT2D eigenvalue weighted by molar-refractivity contribution is 9.10. The van der Waals surface area contributed by atoms with Crippen LogP contribution in [0.15, 0.2) is 15.3 Å². The molecule has 2 aromatic heterocycles. The normalized spacial score (nSPS) is 10.3. The van der Waals surface area contributed by atoms with Crippen LogP contribution in [0.4, 0.5) is 11.6 Å². The molecule has 0 atom stereocenters. The highest BCUT2D eigenvalue weighted by atomic mass is 79.9. The van der Waals surface area contributed by atoms with Crippen molar-refractivity contribution >= 4 is 27.6 Å². The van der Waals surface area contributed by atoms with Crippen LogP contribution >= 0.6 is 15.9 Å². The van der Waals surface area contributed by atoms with E-state index in [4.69, 9.17) is 4.52 Å². The Balaban J connectivity index is 2.09. The van der Waals surface area contributed by atoms with Gasteiger partial charge in [-0.1, -0.05) is 5.16 Å². The molecular weight excluding hydrogens is 288 g/mol. The standard InChI is InChI=1S/C9H11BrN6O/c1-5-15-6(16-17-5)3-12-9-7(10)8(11-2)13-4-14-9/h4H,3H2,1-2H3,(H2,11,12,13,14). The van der Waals surface area contributed by atoms with Gasteiger partial charge in [0.1, 0.15) is 22.4 Å². The number of halogens is 1. The van der Waals surface area contributed by atoms with Gasteiger partial charge in [0.2, 0.25) is 5.89 Å². The fraction of sp³-hybridized carbons (Fsp3) is 0.333. The van der Waals surface area contributed by atoms with Crippen molar-refractivity contribution in [2.75, 3.05) is 17.7 Å². The third-order valence-corrected chi connectivity index (χ3v) is 2.76. The highest BCUT2D eigenvalue weighted by Gasteiger charge is 2.08. The molecule has 0 unspecified atom stereocenters. The molecule has 0 bridgehead atoms. The van der Waals surface area contributed by atoms with Crippen LogP contribution in [-0.2, 0) is 6.54 Å². The Kier molecular flexibility index (Phi) is 3.52. The van der Waals surface area contributed by atoms with E-state index in [-0.39, 0.29) is 0 Å². The van der Waals surface area contributed by atoms with Crippen LogP contribution in [0.2, 0.25) is 0 Å². The molecule has 0 aliphatic rings. The van der Waals surface area contributed by atoms with Crippen LogP contribution in [0.1, 0.15) is 11.7 Å². The second-order valence-corrected chi connectivity index (χ2v) is 4.01. The highest BCUT2D eigenvalue weighted by Crippen LogP contribution is 2.26. The van der Waals surface area contributed by atoms with E-state index in [2.05, 4.69) is 46.7 Å². The van der Waals surface area contributed by atoms with Crippen LogP contribution < -0.4 is 10.6 Å². The lowest BCUT2D eigenvalue weighted by molar-refractivity contribution is 0.388. The molecule has 0 aromatic carbocycles. The zero-order chi connectivity index (χ0) is 12.3. The minimum Gasteiger partial charge on any atom is -0.372 e.